The van der Waals surface area contributed by atoms with E-state index in [4.69, 9.17) is 9.47 Å². The van der Waals surface area contributed by atoms with Crippen molar-refractivity contribution < 1.29 is 22.7 Å². The second-order valence-electron chi connectivity index (χ2n) is 6.23. The van der Waals surface area contributed by atoms with Gasteiger partial charge in [-0.1, -0.05) is 0 Å². The van der Waals surface area contributed by atoms with E-state index in [2.05, 4.69) is 0 Å². The first kappa shape index (κ1) is 20.5. The number of methoxy groups -OCH3 is 2. The van der Waals surface area contributed by atoms with Gasteiger partial charge < -0.3 is 14.4 Å². The highest BCUT2D eigenvalue weighted by Gasteiger charge is 2.34. The molecule has 0 N–H and O–H groups in total. The van der Waals surface area contributed by atoms with Crippen molar-refractivity contribution in [1.29, 1.82) is 0 Å². The van der Waals surface area contributed by atoms with Gasteiger partial charge in [0.05, 0.1) is 25.0 Å². The molecule has 146 valence electrons. The molecule has 26 heavy (non-hydrogen) atoms. The number of sulfonamides is 1. The summed E-state index contributed by atoms with van der Waals surface area (Å²) in [5.41, 5.74) is 0. The number of hydrogen-bond donors (Lipinski definition) is 0. The van der Waals surface area contributed by atoms with Gasteiger partial charge in [0.25, 0.3) is 0 Å². The molecule has 0 bridgehead atoms. The fraction of sp³-hybridized carbons (Fsp3) is 0.611. The van der Waals surface area contributed by atoms with Crippen LogP contribution >= 0.6 is 0 Å². The molecule has 1 aliphatic heterocycles. The van der Waals surface area contributed by atoms with Crippen molar-refractivity contribution in [2.45, 2.75) is 31.6 Å². The van der Waals surface area contributed by atoms with Crippen molar-refractivity contribution in [2.24, 2.45) is 5.92 Å². The molecule has 1 aliphatic rings. The van der Waals surface area contributed by atoms with Crippen LogP contribution in [0.25, 0.3) is 0 Å². The summed E-state index contributed by atoms with van der Waals surface area (Å²) in [7, 11) is -0.732. The lowest BCUT2D eigenvalue weighted by molar-refractivity contribution is -0.136. The summed E-state index contributed by atoms with van der Waals surface area (Å²) in [5.74, 6) is 0.571. The Kier molecular flexibility index (Phi) is 6.88. The van der Waals surface area contributed by atoms with Gasteiger partial charge in [-0.2, -0.15) is 4.31 Å². The van der Waals surface area contributed by atoms with Gasteiger partial charge in [0, 0.05) is 32.2 Å². The van der Waals surface area contributed by atoms with Gasteiger partial charge in [0.2, 0.25) is 15.9 Å². The fourth-order valence-electron chi connectivity index (χ4n) is 3.28. The molecule has 0 unspecified atom stereocenters. The summed E-state index contributed by atoms with van der Waals surface area (Å²) in [4.78, 5) is 14.5. The molecule has 1 amide bonds. The van der Waals surface area contributed by atoms with Gasteiger partial charge in [-0.25, -0.2) is 8.42 Å². The second kappa shape index (κ2) is 8.73. The SMILES string of the molecule is CCN(CC)C(=O)[C@H]1CCCN(S(=O)(=O)c2ccc(OC)c(OC)c2)C1. The predicted molar refractivity (Wildman–Crippen MR) is 99.0 cm³/mol. The molecule has 0 spiro atoms. The maximum absolute atomic E-state index is 13.0. The number of carbonyl (C=O) groups is 1. The summed E-state index contributed by atoms with van der Waals surface area (Å²) >= 11 is 0. The van der Waals surface area contributed by atoms with Gasteiger partial charge in [-0.15, -0.1) is 0 Å². The summed E-state index contributed by atoms with van der Waals surface area (Å²) in [6.45, 7) is 5.76. The predicted octanol–water partition coefficient (Wildman–Crippen LogP) is 1.97. The van der Waals surface area contributed by atoms with Gasteiger partial charge in [0.1, 0.15) is 0 Å². The molecule has 1 heterocycles. The summed E-state index contributed by atoms with van der Waals surface area (Å²) in [6, 6.07) is 4.55. The van der Waals surface area contributed by atoms with E-state index in [0.29, 0.717) is 44.0 Å². The number of rotatable bonds is 7. The standard InChI is InChI=1S/C18H28N2O5S/c1-5-19(6-2)18(21)14-8-7-11-20(13-14)26(22,23)15-9-10-16(24-3)17(12-15)25-4/h9-10,12,14H,5-8,11,13H2,1-4H3/t14-/m0/s1. The van der Waals surface area contributed by atoms with Crippen LogP contribution in [0.5, 0.6) is 11.5 Å². The first-order valence-electron chi connectivity index (χ1n) is 8.89. The van der Waals surface area contributed by atoms with Crippen molar-refractivity contribution >= 4 is 15.9 Å². The van der Waals surface area contributed by atoms with E-state index in [9.17, 15) is 13.2 Å². The van der Waals surface area contributed by atoms with Crippen LogP contribution in [-0.2, 0) is 14.8 Å². The zero-order valence-corrected chi connectivity index (χ0v) is 16.7. The third-order valence-electron chi connectivity index (χ3n) is 4.80. The first-order valence-corrected chi connectivity index (χ1v) is 10.3. The monoisotopic (exact) mass is 384 g/mol. The fourth-order valence-corrected chi connectivity index (χ4v) is 4.82. The van der Waals surface area contributed by atoms with Gasteiger partial charge in [-0.3, -0.25) is 4.79 Å². The molecule has 1 fully saturated rings. The van der Waals surface area contributed by atoms with Crippen LogP contribution in [0.3, 0.4) is 0 Å². The highest BCUT2D eigenvalue weighted by Crippen LogP contribution is 2.32. The van der Waals surface area contributed by atoms with Crippen LogP contribution in [-0.4, -0.2) is 63.9 Å². The zero-order chi connectivity index (χ0) is 19.3. The average Bonchev–Trinajstić information content (AvgIpc) is 2.68. The van der Waals surface area contributed by atoms with Gasteiger partial charge >= 0.3 is 0 Å². The van der Waals surface area contributed by atoms with Crippen molar-refractivity contribution in [3.63, 3.8) is 0 Å². The minimum atomic E-state index is -3.70. The molecule has 0 saturated carbocycles. The van der Waals surface area contributed by atoms with E-state index in [1.54, 1.807) is 11.0 Å². The van der Waals surface area contributed by atoms with Crippen LogP contribution in [0.1, 0.15) is 26.7 Å². The zero-order valence-electron chi connectivity index (χ0n) is 15.9. The normalized spacial score (nSPS) is 18.4. The Morgan fingerprint density at radius 1 is 1.19 bits per heavy atom. The van der Waals surface area contributed by atoms with E-state index in [-0.39, 0.29) is 23.3 Å². The smallest absolute Gasteiger partial charge is 0.243 e. The van der Waals surface area contributed by atoms with Gasteiger partial charge in [0.15, 0.2) is 11.5 Å². The Balaban J connectivity index is 2.24. The first-order chi connectivity index (χ1) is 12.4. The summed E-state index contributed by atoms with van der Waals surface area (Å²) < 4.78 is 37.9. The number of benzene rings is 1. The van der Waals surface area contributed by atoms with E-state index < -0.39 is 10.0 Å². The Hall–Kier alpha value is -1.80. The van der Waals surface area contributed by atoms with Crippen molar-refractivity contribution in [3.8, 4) is 11.5 Å². The van der Waals surface area contributed by atoms with Crippen LogP contribution in [0.15, 0.2) is 23.1 Å². The number of amides is 1. The number of carbonyl (C=O) groups excluding carboxylic acids is 1. The Morgan fingerprint density at radius 2 is 1.85 bits per heavy atom. The Bertz CT molecular complexity index is 731. The van der Waals surface area contributed by atoms with E-state index >= 15 is 0 Å². The third kappa shape index (κ3) is 4.12. The quantitative estimate of drug-likeness (QED) is 0.718. The van der Waals surface area contributed by atoms with Crippen LogP contribution in [0.2, 0.25) is 0 Å². The lowest BCUT2D eigenvalue weighted by atomic mass is 9.98. The minimum Gasteiger partial charge on any atom is -0.493 e. The van der Waals surface area contributed by atoms with Crippen molar-refractivity contribution in [3.05, 3.63) is 18.2 Å². The number of piperidine rings is 1. The van der Waals surface area contributed by atoms with E-state index in [0.717, 1.165) is 0 Å². The number of ether oxygens (including phenoxy) is 2. The molecule has 1 saturated heterocycles. The van der Waals surface area contributed by atoms with Crippen LogP contribution in [0, 0.1) is 5.92 Å². The lowest BCUT2D eigenvalue weighted by Gasteiger charge is -2.33. The highest BCUT2D eigenvalue weighted by atomic mass is 32.2. The van der Waals surface area contributed by atoms with Crippen molar-refractivity contribution in [2.75, 3.05) is 40.4 Å². The molecular formula is C18H28N2O5S. The molecule has 2 rings (SSSR count). The highest BCUT2D eigenvalue weighted by molar-refractivity contribution is 7.89. The minimum absolute atomic E-state index is 0.0298. The van der Waals surface area contributed by atoms with Crippen LogP contribution in [0.4, 0.5) is 0 Å². The molecule has 1 atom stereocenters. The van der Waals surface area contributed by atoms with E-state index in [1.807, 2.05) is 13.8 Å². The molecule has 1 aromatic carbocycles. The topological polar surface area (TPSA) is 76.2 Å². The number of nitrogens with zero attached hydrogens (tertiary/aromatic N) is 2. The van der Waals surface area contributed by atoms with Gasteiger partial charge in [-0.05, 0) is 38.8 Å². The average molecular weight is 384 g/mol. The number of hydrogen-bond acceptors (Lipinski definition) is 5. The Labute approximate surface area is 155 Å². The van der Waals surface area contributed by atoms with E-state index in [1.165, 1.54) is 30.7 Å². The molecular weight excluding hydrogens is 356 g/mol. The molecule has 0 radical (unpaired) electrons. The van der Waals surface area contributed by atoms with Crippen molar-refractivity contribution in [1.82, 2.24) is 9.21 Å². The lowest BCUT2D eigenvalue weighted by Crippen LogP contribution is -2.46. The maximum Gasteiger partial charge on any atom is 0.243 e. The molecule has 1 aromatic rings. The largest absolute Gasteiger partial charge is 0.493 e. The summed E-state index contributed by atoms with van der Waals surface area (Å²) in [6.07, 6.45) is 1.39. The second-order valence-corrected chi connectivity index (χ2v) is 8.17. The van der Waals surface area contributed by atoms with Crippen LogP contribution < -0.4 is 9.47 Å². The molecule has 8 heteroatoms. The Morgan fingerprint density at radius 3 is 2.42 bits per heavy atom. The molecule has 7 nitrogen and oxygen atoms in total. The molecule has 0 aliphatic carbocycles. The molecule has 0 aromatic heterocycles. The summed E-state index contributed by atoms with van der Waals surface area (Å²) in [5, 5.41) is 0. The maximum atomic E-state index is 13.0. The third-order valence-corrected chi connectivity index (χ3v) is 6.66.